The van der Waals surface area contributed by atoms with Crippen LogP contribution < -0.4 is 10.0 Å². The maximum absolute atomic E-state index is 13.4. The Morgan fingerprint density at radius 1 is 1.28 bits per heavy atom. The van der Waals surface area contributed by atoms with E-state index < -0.39 is 39.9 Å². The lowest BCUT2D eigenvalue weighted by molar-refractivity contribution is -0.121. The summed E-state index contributed by atoms with van der Waals surface area (Å²) in [5.41, 5.74) is 1.21. The van der Waals surface area contributed by atoms with E-state index in [1.807, 2.05) is 32.3 Å². The topological polar surface area (TPSA) is 96.3 Å². The molecule has 1 saturated heterocycles. The summed E-state index contributed by atoms with van der Waals surface area (Å²) in [5, 5.41) is 6.68. The van der Waals surface area contributed by atoms with Gasteiger partial charge in [0.25, 0.3) is 10.2 Å². The van der Waals surface area contributed by atoms with Crippen LogP contribution in [0.15, 0.2) is 42.7 Å². The Bertz CT molecular complexity index is 1280. The first-order valence-corrected chi connectivity index (χ1v) is 12.3. The summed E-state index contributed by atoms with van der Waals surface area (Å²) in [4.78, 5) is 14.8. The molecule has 0 spiro atoms. The molecule has 0 aliphatic carbocycles. The molecular weight excluding hydrogens is 477 g/mol. The van der Waals surface area contributed by atoms with Crippen LogP contribution in [0, 0.1) is 11.7 Å². The Labute approximate surface area is 194 Å². The van der Waals surface area contributed by atoms with Gasteiger partial charge in [-0.15, -0.1) is 11.3 Å². The number of aryl methyl sites for hydroxylation is 1. The number of carbonyl (C=O) groups is 1. The number of nitrogens with zero attached hydrogens (tertiary/aromatic N) is 3. The molecule has 0 bridgehead atoms. The quantitative estimate of drug-likeness (QED) is 0.577. The number of nitrogens with one attached hydrogen (secondary N) is 2. The van der Waals surface area contributed by atoms with Crippen molar-refractivity contribution in [1.29, 1.82) is 0 Å². The van der Waals surface area contributed by atoms with E-state index in [9.17, 15) is 17.6 Å². The normalized spacial score (nSPS) is 23.2. The zero-order valence-corrected chi connectivity index (χ0v) is 19.8. The van der Waals surface area contributed by atoms with Gasteiger partial charge in [-0.2, -0.15) is 22.5 Å². The fraction of sp³-hybridized carbons (Fsp3) is 0.300. The Hall–Kier alpha value is -2.31. The van der Waals surface area contributed by atoms with E-state index >= 15 is 0 Å². The fourth-order valence-electron chi connectivity index (χ4n) is 3.75. The van der Waals surface area contributed by atoms with Crippen molar-refractivity contribution in [3.05, 3.63) is 58.4 Å². The minimum atomic E-state index is -3.92. The van der Waals surface area contributed by atoms with Gasteiger partial charge < -0.3 is 5.32 Å². The molecule has 3 aromatic rings. The SMILES string of the molecule is CC1C(c2ccc(-c3cnn(C)c3)s2)NS(=O)(=O)N(C)C1C(=O)Nc1ccc(F)c(Cl)c1. The summed E-state index contributed by atoms with van der Waals surface area (Å²) in [7, 11) is -0.742. The Balaban J connectivity index is 1.62. The molecule has 1 aromatic carbocycles. The summed E-state index contributed by atoms with van der Waals surface area (Å²) in [6.07, 6.45) is 3.61. The number of rotatable bonds is 4. The van der Waals surface area contributed by atoms with E-state index in [2.05, 4.69) is 15.1 Å². The van der Waals surface area contributed by atoms with E-state index in [1.165, 1.54) is 30.5 Å². The van der Waals surface area contributed by atoms with Gasteiger partial charge in [0.2, 0.25) is 5.91 Å². The molecule has 32 heavy (non-hydrogen) atoms. The van der Waals surface area contributed by atoms with Gasteiger partial charge in [-0.05, 0) is 30.3 Å². The summed E-state index contributed by atoms with van der Waals surface area (Å²) in [6.45, 7) is 1.81. The van der Waals surface area contributed by atoms with Gasteiger partial charge in [0.15, 0.2) is 0 Å². The van der Waals surface area contributed by atoms with Crippen LogP contribution in [-0.4, -0.2) is 41.5 Å². The number of carbonyl (C=O) groups excluding carboxylic acids is 1. The molecule has 1 amide bonds. The number of anilines is 1. The number of benzene rings is 1. The van der Waals surface area contributed by atoms with E-state index in [0.29, 0.717) is 0 Å². The van der Waals surface area contributed by atoms with Crippen molar-refractivity contribution in [2.45, 2.75) is 19.0 Å². The lowest BCUT2D eigenvalue weighted by Gasteiger charge is -2.40. The first-order valence-electron chi connectivity index (χ1n) is 9.67. The number of amides is 1. The third-order valence-corrected chi connectivity index (χ3v) is 8.49. The number of hydrogen-bond acceptors (Lipinski definition) is 5. The van der Waals surface area contributed by atoms with Crippen LogP contribution in [0.1, 0.15) is 17.8 Å². The van der Waals surface area contributed by atoms with Crippen LogP contribution in [0.4, 0.5) is 10.1 Å². The monoisotopic (exact) mass is 497 g/mol. The van der Waals surface area contributed by atoms with Crippen LogP contribution >= 0.6 is 22.9 Å². The molecule has 2 N–H and O–H groups in total. The number of aromatic nitrogens is 2. The highest BCUT2D eigenvalue weighted by molar-refractivity contribution is 7.87. The highest BCUT2D eigenvalue weighted by atomic mass is 35.5. The van der Waals surface area contributed by atoms with Crippen LogP contribution in [0.3, 0.4) is 0 Å². The molecule has 3 unspecified atom stereocenters. The minimum Gasteiger partial charge on any atom is -0.325 e. The molecule has 0 radical (unpaired) electrons. The molecule has 170 valence electrons. The van der Waals surface area contributed by atoms with Gasteiger partial charge in [-0.1, -0.05) is 18.5 Å². The molecule has 8 nitrogen and oxygen atoms in total. The zero-order chi connectivity index (χ0) is 23.2. The molecule has 1 aliphatic rings. The Morgan fingerprint density at radius 2 is 2.03 bits per heavy atom. The highest BCUT2D eigenvalue weighted by Crippen LogP contribution is 2.39. The lowest BCUT2D eigenvalue weighted by atomic mass is 9.92. The molecule has 4 rings (SSSR count). The maximum atomic E-state index is 13.4. The van der Waals surface area contributed by atoms with Crippen molar-refractivity contribution in [3.8, 4) is 10.4 Å². The standard InChI is InChI=1S/C20H21ClFN5O3S2/c1-11-18(17-7-6-16(31-17)12-9-23-26(2)10-12)25-32(29,30)27(3)19(11)20(28)24-13-4-5-15(22)14(21)8-13/h4-11,18-19,25H,1-3H3,(H,24,28). The second-order valence-corrected chi connectivity index (χ2v) is 10.9. The summed E-state index contributed by atoms with van der Waals surface area (Å²) < 4.78 is 44.5. The van der Waals surface area contributed by atoms with Crippen LogP contribution in [0.25, 0.3) is 10.4 Å². The van der Waals surface area contributed by atoms with Gasteiger partial charge in [0.1, 0.15) is 11.9 Å². The molecule has 12 heteroatoms. The van der Waals surface area contributed by atoms with Gasteiger partial charge in [0, 0.05) is 47.2 Å². The number of likely N-dealkylation sites (N-methyl/N-ethyl adjacent to an activating group) is 1. The Kier molecular flexibility index (Phi) is 6.12. The maximum Gasteiger partial charge on any atom is 0.280 e. The molecular formula is C20H21ClFN5O3S2. The van der Waals surface area contributed by atoms with Crippen molar-refractivity contribution < 1.29 is 17.6 Å². The van der Waals surface area contributed by atoms with E-state index in [0.717, 1.165) is 25.7 Å². The molecule has 1 fully saturated rings. The molecule has 0 saturated carbocycles. The summed E-state index contributed by atoms with van der Waals surface area (Å²) in [6, 6.07) is 5.97. The van der Waals surface area contributed by atoms with E-state index in [-0.39, 0.29) is 10.7 Å². The molecule has 3 heterocycles. The van der Waals surface area contributed by atoms with Gasteiger partial charge in [-0.3, -0.25) is 9.48 Å². The minimum absolute atomic E-state index is 0.137. The molecule has 1 aliphatic heterocycles. The first kappa shape index (κ1) is 22.9. The summed E-state index contributed by atoms with van der Waals surface area (Å²) >= 11 is 7.24. The smallest absolute Gasteiger partial charge is 0.280 e. The lowest BCUT2D eigenvalue weighted by Crippen LogP contribution is -2.60. The van der Waals surface area contributed by atoms with Crippen molar-refractivity contribution in [3.63, 3.8) is 0 Å². The van der Waals surface area contributed by atoms with Crippen LogP contribution in [0.2, 0.25) is 5.02 Å². The highest BCUT2D eigenvalue weighted by Gasteiger charge is 2.46. The average molecular weight is 498 g/mol. The molecule has 3 atom stereocenters. The third-order valence-electron chi connectivity index (χ3n) is 5.45. The van der Waals surface area contributed by atoms with Gasteiger partial charge >= 0.3 is 0 Å². The van der Waals surface area contributed by atoms with Crippen molar-refractivity contribution >= 4 is 44.7 Å². The fourth-order valence-corrected chi connectivity index (χ4v) is 6.57. The first-order chi connectivity index (χ1) is 15.1. The predicted molar refractivity (Wildman–Crippen MR) is 122 cm³/mol. The van der Waals surface area contributed by atoms with Crippen molar-refractivity contribution in [2.75, 3.05) is 12.4 Å². The van der Waals surface area contributed by atoms with E-state index in [4.69, 9.17) is 11.6 Å². The number of thiophene rings is 1. The Morgan fingerprint density at radius 3 is 2.69 bits per heavy atom. The van der Waals surface area contributed by atoms with Crippen LogP contribution in [0.5, 0.6) is 0 Å². The molecule has 2 aromatic heterocycles. The largest absolute Gasteiger partial charge is 0.325 e. The number of halogens is 2. The second kappa shape index (κ2) is 8.56. The van der Waals surface area contributed by atoms with Crippen molar-refractivity contribution in [1.82, 2.24) is 18.8 Å². The van der Waals surface area contributed by atoms with Crippen LogP contribution in [-0.2, 0) is 22.1 Å². The third kappa shape index (κ3) is 4.30. The predicted octanol–water partition coefficient (Wildman–Crippen LogP) is 3.41. The second-order valence-electron chi connectivity index (χ2n) is 7.64. The van der Waals surface area contributed by atoms with Gasteiger partial charge in [-0.25, -0.2) is 4.39 Å². The zero-order valence-electron chi connectivity index (χ0n) is 17.4. The van der Waals surface area contributed by atoms with E-state index in [1.54, 1.807) is 10.9 Å². The van der Waals surface area contributed by atoms with Gasteiger partial charge in [0.05, 0.1) is 17.3 Å². The number of hydrogen-bond donors (Lipinski definition) is 2. The summed E-state index contributed by atoms with van der Waals surface area (Å²) in [5.74, 6) is -1.54. The average Bonchev–Trinajstić information content (AvgIpc) is 3.37. The van der Waals surface area contributed by atoms with Crippen molar-refractivity contribution in [2.24, 2.45) is 13.0 Å².